The standard InChI is InChI=1S/C14H21N3O/c1-10-8-12(3)13(9-11(10)2)16-14(18)17-6-4-15-5-7-17/h8-9,15H,4-7H2,1-3H3,(H,16,18). The summed E-state index contributed by atoms with van der Waals surface area (Å²) >= 11 is 0. The summed E-state index contributed by atoms with van der Waals surface area (Å²) in [4.78, 5) is 14.0. The number of urea groups is 1. The predicted molar refractivity (Wildman–Crippen MR) is 74.1 cm³/mol. The third kappa shape index (κ3) is 2.82. The Balaban J connectivity index is 2.08. The molecule has 4 heteroatoms. The second-order valence-corrected chi connectivity index (χ2v) is 4.92. The molecular weight excluding hydrogens is 226 g/mol. The quantitative estimate of drug-likeness (QED) is 0.797. The Morgan fingerprint density at radius 3 is 2.39 bits per heavy atom. The summed E-state index contributed by atoms with van der Waals surface area (Å²) in [6.07, 6.45) is 0. The lowest BCUT2D eigenvalue weighted by molar-refractivity contribution is 0.204. The number of nitrogens with zero attached hydrogens (tertiary/aromatic N) is 1. The number of carbonyl (C=O) groups is 1. The predicted octanol–water partition coefficient (Wildman–Crippen LogP) is 2.05. The number of amides is 2. The molecule has 0 aromatic heterocycles. The molecule has 98 valence electrons. The van der Waals surface area contributed by atoms with E-state index < -0.39 is 0 Å². The van der Waals surface area contributed by atoms with Gasteiger partial charge in [-0.25, -0.2) is 4.79 Å². The first-order valence-corrected chi connectivity index (χ1v) is 6.42. The molecule has 4 nitrogen and oxygen atoms in total. The van der Waals surface area contributed by atoms with Crippen molar-refractivity contribution >= 4 is 11.7 Å². The molecule has 1 fully saturated rings. The van der Waals surface area contributed by atoms with E-state index >= 15 is 0 Å². The summed E-state index contributed by atoms with van der Waals surface area (Å²) in [6, 6.07) is 4.16. The van der Waals surface area contributed by atoms with Crippen LogP contribution in [-0.2, 0) is 0 Å². The monoisotopic (exact) mass is 247 g/mol. The van der Waals surface area contributed by atoms with Crippen LogP contribution in [0.25, 0.3) is 0 Å². The lowest BCUT2D eigenvalue weighted by Crippen LogP contribution is -2.48. The van der Waals surface area contributed by atoms with Gasteiger partial charge in [-0.3, -0.25) is 0 Å². The summed E-state index contributed by atoms with van der Waals surface area (Å²) in [5.74, 6) is 0. The van der Waals surface area contributed by atoms with Crippen LogP contribution in [0.5, 0.6) is 0 Å². The molecule has 1 aliphatic heterocycles. The van der Waals surface area contributed by atoms with E-state index in [4.69, 9.17) is 0 Å². The molecule has 2 rings (SSSR count). The molecule has 1 aromatic carbocycles. The van der Waals surface area contributed by atoms with Gasteiger partial charge in [-0.1, -0.05) is 6.07 Å². The number of hydrogen-bond acceptors (Lipinski definition) is 2. The van der Waals surface area contributed by atoms with Crippen molar-refractivity contribution in [3.05, 3.63) is 28.8 Å². The van der Waals surface area contributed by atoms with Crippen molar-refractivity contribution in [3.63, 3.8) is 0 Å². The Kier molecular flexibility index (Phi) is 3.87. The van der Waals surface area contributed by atoms with Gasteiger partial charge in [-0.05, 0) is 43.5 Å². The largest absolute Gasteiger partial charge is 0.322 e. The van der Waals surface area contributed by atoms with Gasteiger partial charge in [-0.2, -0.15) is 0 Å². The van der Waals surface area contributed by atoms with Crippen LogP contribution in [0.1, 0.15) is 16.7 Å². The smallest absolute Gasteiger partial charge is 0.321 e. The summed E-state index contributed by atoms with van der Waals surface area (Å²) < 4.78 is 0. The molecular formula is C14H21N3O. The lowest BCUT2D eigenvalue weighted by Gasteiger charge is -2.28. The highest BCUT2D eigenvalue weighted by molar-refractivity contribution is 5.90. The van der Waals surface area contributed by atoms with E-state index in [1.807, 2.05) is 17.9 Å². The average molecular weight is 247 g/mol. The molecule has 0 unspecified atom stereocenters. The number of piperazine rings is 1. The van der Waals surface area contributed by atoms with Gasteiger partial charge in [0.2, 0.25) is 0 Å². The van der Waals surface area contributed by atoms with Crippen molar-refractivity contribution in [2.75, 3.05) is 31.5 Å². The number of aryl methyl sites for hydroxylation is 3. The summed E-state index contributed by atoms with van der Waals surface area (Å²) in [5, 5.41) is 6.25. The highest BCUT2D eigenvalue weighted by Crippen LogP contribution is 2.20. The first-order valence-electron chi connectivity index (χ1n) is 6.42. The van der Waals surface area contributed by atoms with Crippen LogP contribution in [0.15, 0.2) is 12.1 Å². The first-order chi connectivity index (χ1) is 8.58. The van der Waals surface area contributed by atoms with Crippen LogP contribution >= 0.6 is 0 Å². The molecule has 1 aliphatic rings. The van der Waals surface area contributed by atoms with Crippen LogP contribution < -0.4 is 10.6 Å². The fourth-order valence-electron chi connectivity index (χ4n) is 2.16. The van der Waals surface area contributed by atoms with E-state index in [0.717, 1.165) is 37.4 Å². The van der Waals surface area contributed by atoms with Crippen LogP contribution in [-0.4, -0.2) is 37.1 Å². The zero-order valence-electron chi connectivity index (χ0n) is 11.3. The maximum absolute atomic E-state index is 12.1. The summed E-state index contributed by atoms with van der Waals surface area (Å²) in [6.45, 7) is 9.48. The Morgan fingerprint density at radius 1 is 1.11 bits per heavy atom. The van der Waals surface area contributed by atoms with Gasteiger partial charge in [0.15, 0.2) is 0 Å². The van der Waals surface area contributed by atoms with Gasteiger partial charge in [0.05, 0.1) is 0 Å². The molecule has 0 aliphatic carbocycles. The molecule has 0 bridgehead atoms. The highest BCUT2D eigenvalue weighted by Gasteiger charge is 2.16. The van der Waals surface area contributed by atoms with Crippen LogP contribution in [0.2, 0.25) is 0 Å². The minimum Gasteiger partial charge on any atom is -0.322 e. The van der Waals surface area contributed by atoms with Gasteiger partial charge in [0.1, 0.15) is 0 Å². The number of anilines is 1. The van der Waals surface area contributed by atoms with Gasteiger partial charge >= 0.3 is 6.03 Å². The molecule has 0 radical (unpaired) electrons. The summed E-state index contributed by atoms with van der Waals surface area (Å²) in [7, 11) is 0. The number of rotatable bonds is 1. The van der Waals surface area contributed by atoms with E-state index in [1.165, 1.54) is 11.1 Å². The molecule has 18 heavy (non-hydrogen) atoms. The second-order valence-electron chi connectivity index (χ2n) is 4.92. The van der Waals surface area contributed by atoms with E-state index in [0.29, 0.717) is 0 Å². The first kappa shape index (κ1) is 12.9. The third-order valence-corrected chi connectivity index (χ3v) is 3.49. The Bertz CT molecular complexity index is 451. The molecule has 1 heterocycles. The maximum Gasteiger partial charge on any atom is 0.321 e. The van der Waals surface area contributed by atoms with Crippen molar-refractivity contribution in [1.29, 1.82) is 0 Å². The Morgan fingerprint density at radius 2 is 1.72 bits per heavy atom. The minimum atomic E-state index is 0.00264. The Labute approximate surface area is 108 Å². The molecule has 1 saturated heterocycles. The molecule has 2 amide bonds. The van der Waals surface area contributed by atoms with Crippen molar-refractivity contribution in [2.45, 2.75) is 20.8 Å². The van der Waals surface area contributed by atoms with E-state index in [9.17, 15) is 4.79 Å². The van der Waals surface area contributed by atoms with Gasteiger partial charge in [-0.15, -0.1) is 0 Å². The van der Waals surface area contributed by atoms with Crippen LogP contribution in [0, 0.1) is 20.8 Å². The van der Waals surface area contributed by atoms with Crippen molar-refractivity contribution < 1.29 is 4.79 Å². The fraction of sp³-hybridized carbons (Fsp3) is 0.500. The SMILES string of the molecule is Cc1cc(C)c(NC(=O)N2CCNCC2)cc1C. The molecule has 0 atom stereocenters. The summed E-state index contributed by atoms with van der Waals surface area (Å²) in [5.41, 5.74) is 4.49. The van der Waals surface area contributed by atoms with E-state index in [2.05, 4.69) is 30.5 Å². The van der Waals surface area contributed by atoms with Crippen molar-refractivity contribution in [3.8, 4) is 0 Å². The number of nitrogens with one attached hydrogen (secondary N) is 2. The maximum atomic E-state index is 12.1. The molecule has 2 N–H and O–H groups in total. The molecule has 0 saturated carbocycles. The third-order valence-electron chi connectivity index (χ3n) is 3.49. The van der Waals surface area contributed by atoms with E-state index in [1.54, 1.807) is 0 Å². The Hall–Kier alpha value is -1.55. The minimum absolute atomic E-state index is 0.00264. The number of hydrogen-bond donors (Lipinski definition) is 2. The fourth-order valence-corrected chi connectivity index (χ4v) is 2.16. The average Bonchev–Trinajstić information content (AvgIpc) is 2.37. The van der Waals surface area contributed by atoms with Gasteiger partial charge in [0.25, 0.3) is 0 Å². The van der Waals surface area contributed by atoms with E-state index in [-0.39, 0.29) is 6.03 Å². The number of carbonyl (C=O) groups excluding carboxylic acids is 1. The second kappa shape index (κ2) is 5.40. The molecule has 0 spiro atoms. The topological polar surface area (TPSA) is 44.4 Å². The van der Waals surface area contributed by atoms with Crippen molar-refractivity contribution in [1.82, 2.24) is 10.2 Å². The van der Waals surface area contributed by atoms with Crippen LogP contribution in [0.3, 0.4) is 0 Å². The zero-order chi connectivity index (χ0) is 13.1. The lowest BCUT2D eigenvalue weighted by atomic mass is 10.1. The van der Waals surface area contributed by atoms with Gasteiger partial charge in [0, 0.05) is 31.9 Å². The highest BCUT2D eigenvalue weighted by atomic mass is 16.2. The number of benzene rings is 1. The normalized spacial score (nSPS) is 15.6. The molecule has 1 aromatic rings. The van der Waals surface area contributed by atoms with Gasteiger partial charge < -0.3 is 15.5 Å². The van der Waals surface area contributed by atoms with Crippen molar-refractivity contribution in [2.24, 2.45) is 0 Å². The van der Waals surface area contributed by atoms with Crippen LogP contribution in [0.4, 0.5) is 10.5 Å². The zero-order valence-corrected chi connectivity index (χ0v) is 11.3.